The van der Waals surface area contributed by atoms with Gasteiger partial charge >= 0.3 is 0 Å². The topological polar surface area (TPSA) is 9.23 Å². The van der Waals surface area contributed by atoms with Gasteiger partial charge in [0.2, 0.25) is 0 Å². The van der Waals surface area contributed by atoms with Crippen LogP contribution in [0.25, 0.3) is 0 Å². The maximum atomic E-state index is 5.59. The number of hydrogen-bond acceptors (Lipinski definition) is 3. The summed E-state index contributed by atoms with van der Waals surface area (Å²) in [4.78, 5) is 0. The third kappa shape index (κ3) is 2.59. The highest BCUT2D eigenvalue weighted by atomic mass is 32.9. The fourth-order valence-corrected chi connectivity index (χ4v) is 4.72. The Morgan fingerprint density at radius 2 is 2.45 bits per heavy atom. The molecule has 0 radical (unpaired) electrons. The predicted molar refractivity (Wildman–Crippen MR) is 57.0 cm³/mol. The van der Waals surface area contributed by atoms with Crippen molar-refractivity contribution in [1.29, 1.82) is 0 Å². The lowest BCUT2D eigenvalue weighted by molar-refractivity contribution is 0.352. The van der Waals surface area contributed by atoms with Crippen molar-refractivity contribution in [2.24, 2.45) is 0 Å². The summed E-state index contributed by atoms with van der Waals surface area (Å²) in [5, 5.41) is 0. The lowest BCUT2D eigenvalue weighted by Crippen LogP contribution is -2.06. The van der Waals surface area contributed by atoms with Crippen molar-refractivity contribution in [3.63, 3.8) is 0 Å². The van der Waals surface area contributed by atoms with Crippen molar-refractivity contribution in [2.45, 2.75) is 13.3 Å². The van der Waals surface area contributed by atoms with Crippen LogP contribution < -0.4 is 0 Å². The second-order valence-electron chi connectivity index (χ2n) is 2.48. The maximum absolute atomic E-state index is 5.59. The van der Waals surface area contributed by atoms with Crippen LogP contribution in [0.15, 0.2) is 11.6 Å². The Hall–Kier alpha value is 0.700. The Balaban J connectivity index is 2.67. The van der Waals surface area contributed by atoms with Gasteiger partial charge in [0.05, 0.1) is 6.61 Å². The molecule has 4 heteroatoms. The molecule has 0 aliphatic carbocycles. The first-order valence-corrected chi connectivity index (χ1v) is 8.37. The van der Waals surface area contributed by atoms with E-state index < -0.39 is 5.47 Å². The van der Waals surface area contributed by atoms with Gasteiger partial charge in [0, 0.05) is 6.16 Å². The van der Waals surface area contributed by atoms with Crippen LogP contribution >= 0.6 is 16.8 Å². The van der Waals surface area contributed by atoms with Crippen LogP contribution in [0.4, 0.5) is 0 Å². The molecule has 0 aromatic heterocycles. The van der Waals surface area contributed by atoms with E-state index in [1.54, 1.807) is 11.4 Å². The van der Waals surface area contributed by atoms with E-state index in [-0.39, 0.29) is 0 Å². The Morgan fingerprint density at radius 1 is 1.73 bits per heavy atom. The molecule has 1 aliphatic heterocycles. The molecular formula is C7H13OPS2. The van der Waals surface area contributed by atoms with Gasteiger partial charge in [0.15, 0.2) is 0 Å². The van der Waals surface area contributed by atoms with Gasteiger partial charge in [0.1, 0.15) is 5.47 Å². The Labute approximate surface area is 77.4 Å². The molecule has 1 aliphatic rings. The molecule has 64 valence electrons. The third-order valence-corrected chi connectivity index (χ3v) is 8.14. The van der Waals surface area contributed by atoms with E-state index >= 15 is 0 Å². The summed E-state index contributed by atoms with van der Waals surface area (Å²) in [5.74, 6) is 0. The quantitative estimate of drug-likeness (QED) is 0.484. The van der Waals surface area contributed by atoms with Crippen LogP contribution in [0.1, 0.15) is 13.3 Å². The van der Waals surface area contributed by atoms with Gasteiger partial charge < -0.3 is 4.52 Å². The van der Waals surface area contributed by atoms with Gasteiger partial charge in [-0.15, -0.1) is 11.4 Å². The smallest absolute Gasteiger partial charge is 0.123 e. The van der Waals surface area contributed by atoms with Crippen LogP contribution in [0.3, 0.4) is 0 Å². The van der Waals surface area contributed by atoms with Crippen LogP contribution in [-0.2, 0) is 16.3 Å². The van der Waals surface area contributed by atoms with Crippen LogP contribution in [0, 0.1) is 0 Å². The summed E-state index contributed by atoms with van der Waals surface area (Å²) in [5.41, 5.74) is -0.00478. The van der Waals surface area contributed by atoms with Crippen LogP contribution in [-0.4, -0.2) is 19.0 Å². The molecule has 0 spiro atoms. The molecule has 11 heavy (non-hydrogen) atoms. The average Bonchev–Trinajstić information content (AvgIpc) is 2.05. The summed E-state index contributed by atoms with van der Waals surface area (Å²) in [7, 11) is 0. The van der Waals surface area contributed by atoms with Gasteiger partial charge in [-0.1, -0.05) is 23.5 Å². The molecule has 1 heterocycles. The van der Waals surface area contributed by atoms with E-state index in [4.69, 9.17) is 16.3 Å². The molecule has 0 aromatic carbocycles. The van der Waals surface area contributed by atoms with Crippen molar-refractivity contribution in [3.8, 4) is 0 Å². The second kappa shape index (κ2) is 4.08. The first kappa shape index (κ1) is 9.79. The molecular weight excluding hydrogens is 195 g/mol. The Kier molecular flexibility index (Phi) is 3.63. The number of rotatable bonds is 1. The molecule has 0 aromatic rings. The van der Waals surface area contributed by atoms with Crippen LogP contribution in [0.5, 0.6) is 0 Å². The summed E-state index contributed by atoms with van der Waals surface area (Å²) in [6, 6.07) is 0. The minimum atomic E-state index is -1.49. The van der Waals surface area contributed by atoms with Crippen molar-refractivity contribution in [3.05, 3.63) is 11.6 Å². The van der Waals surface area contributed by atoms with E-state index in [0.717, 1.165) is 19.2 Å². The second-order valence-corrected chi connectivity index (χ2v) is 9.97. The summed E-state index contributed by atoms with van der Waals surface area (Å²) in [6.45, 7) is 2.92. The highest BCUT2D eigenvalue weighted by Gasteiger charge is 2.22. The van der Waals surface area contributed by atoms with Gasteiger partial charge in [0.25, 0.3) is 0 Å². The standard InChI is InChI=1S/C7H13OPS2/c1-3-7-4-5-8-9(10,6-7)11-2/h3H,4-6H2,1-2H3/b7-3-. The zero-order valence-corrected chi connectivity index (χ0v) is 9.40. The van der Waals surface area contributed by atoms with Gasteiger partial charge in [-0.3, -0.25) is 0 Å². The molecule has 1 atom stereocenters. The van der Waals surface area contributed by atoms with Crippen LogP contribution in [0.2, 0.25) is 0 Å². The lowest BCUT2D eigenvalue weighted by Gasteiger charge is -2.26. The first-order chi connectivity index (χ1) is 5.20. The zero-order chi connectivity index (χ0) is 8.32. The Morgan fingerprint density at radius 3 is 3.00 bits per heavy atom. The average molecular weight is 208 g/mol. The van der Waals surface area contributed by atoms with E-state index in [1.807, 2.05) is 0 Å². The summed E-state index contributed by atoms with van der Waals surface area (Å²) < 4.78 is 5.59. The highest BCUT2D eigenvalue weighted by molar-refractivity contribution is 8.69. The minimum absolute atomic E-state index is 0.831. The van der Waals surface area contributed by atoms with Gasteiger partial charge in [-0.25, -0.2) is 0 Å². The number of allylic oxidation sites excluding steroid dienone is 1. The fraction of sp³-hybridized carbons (Fsp3) is 0.714. The molecule has 1 saturated heterocycles. The fourth-order valence-electron chi connectivity index (χ4n) is 1.04. The van der Waals surface area contributed by atoms with E-state index in [0.29, 0.717) is 0 Å². The maximum Gasteiger partial charge on any atom is 0.123 e. The normalized spacial score (nSPS) is 36.0. The molecule has 0 amide bonds. The number of hydrogen-bond donors (Lipinski definition) is 0. The SMILES string of the molecule is C/C=C1/CCOP(=S)(SC)C1. The molecule has 1 fully saturated rings. The van der Waals surface area contributed by atoms with Crippen molar-refractivity contribution in [1.82, 2.24) is 0 Å². The van der Waals surface area contributed by atoms with Gasteiger partial charge in [-0.2, -0.15) is 0 Å². The molecule has 1 rings (SSSR count). The Bertz CT molecular complexity index is 212. The minimum Gasteiger partial charge on any atom is -0.341 e. The van der Waals surface area contributed by atoms with Crippen molar-refractivity contribution in [2.75, 3.05) is 19.0 Å². The molecule has 1 nitrogen and oxygen atoms in total. The summed E-state index contributed by atoms with van der Waals surface area (Å²) in [6.07, 6.45) is 6.33. The van der Waals surface area contributed by atoms with E-state index in [1.165, 1.54) is 5.57 Å². The van der Waals surface area contributed by atoms with Crippen molar-refractivity contribution < 1.29 is 4.52 Å². The molecule has 1 unspecified atom stereocenters. The zero-order valence-electron chi connectivity index (χ0n) is 6.87. The van der Waals surface area contributed by atoms with E-state index in [9.17, 15) is 0 Å². The largest absolute Gasteiger partial charge is 0.341 e. The summed E-state index contributed by atoms with van der Waals surface area (Å²) >= 11 is 7.14. The predicted octanol–water partition coefficient (Wildman–Crippen LogP) is 3.03. The van der Waals surface area contributed by atoms with Gasteiger partial charge in [-0.05, 0) is 19.6 Å². The van der Waals surface area contributed by atoms with Crippen molar-refractivity contribution >= 4 is 28.7 Å². The lowest BCUT2D eigenvalue weighted by atomic mass is 10.2. The monoisotopic (exact) mass is 208 g/mol. The third-order valence-electron chi connectivity index (χ3n) is 1.79. The molecule has 0 N–H and O–H groups in total. The van der Waals surface area contributed by atoms with E-state index in [2.05, 4.69) is 19.3 Å². The highest BCUT2D eigenvalue weighted by Crippen LogP contribution is 2.61. The molecule has 0 saturated carbocycles. The first-order valence-electron chi connectivity index (χ1n) is 3.63. The molecule has 0 bridgehead atoms.